The number of carbonyl (C=O) groups is 1. The van der Waals surface area contributed by atoms with Crippen LogP contribution in [0.2, 0.25) is 0 Å². The second-order valence-corrected chi connectivity index (χ2v) is 9.06. The summed E-state index contributed by atoms with van der Waals surface area (Å²) >= 11 is 1.54. The molecule has 0 aliphatic heterocycles. The van der Waals surface area contributed by atoms with Crippen LogP contribution in [-0.2, 0) is 20.6 Å². The number of thioether (sulfide) groups is 1. The minimum absolute atomic E-state index is 0.105. The van der Waals surface area contributed by atoms with E-state index in [1.807, 2.05) is 20.8 Å². The van der Waals surface area contributed by atoms with Crippen LogP contribution in [0.3, 0.4) is 0 Å². The van der Waals surface area contributed by atoms with Crippen molar-refractivity contribution in [1.29, 1.82) is 0 Å². The third-order valence-corrected chi connectivity index (χ3v) is 7.17. The molecule has 0 unspecified atom stereocenters. The van der Waals surface area contributed by atoms with E-state index in [4.69, 9.17) is 0 Å². The third-order valence-electron chi connectivity index (χ3n) is 4.10. The van der Waals surface area contributed by atoms with Crippen molar-refractivity contribution in [2.24, 2.45) is 0 Å². The van der Waals surface area contributed by atoms with Gasteiger partial charge in [-0.05, 0) is 36.8 Å². The van der Waals surface area contributed by atoms with Gasteiger partial charge in [-0.2, -0.15) is 4.31 Å². The highest BCUT2D eigenvalue weighted by atomic mass is 32.2. The van der Waals surface area contributed by atoms with E-state index in [2.05, 4.69) is 29.6 Å². The van der Waals surface area contributed by atoms with Gasteiger partial charge in [-0.3, -0.25) is 4.79 Å². The van der Waals surface area contributed by atoms with Crippen molar-refractivity contribution in [1.82, 2.24) is 4.31 Å². The second-order valence-electron chi connectivity index (χ2n) is 6.14. The summed E-state index contributed by atoms with van der Waals surface area (Å²) in [7, 11) is -3.48. The number of sulfonamides is 1. The van der Waals surface area contributed by atoms with E-state index >= 15 is 0 Å². The van der Waals surface area contributed by atoms with Gasteiger partial charge in [0.2, 0.25) is 15.9 Å². The van der Waals surface area contributed by atoms with E-state index < -0.39 is 10.0 Å². The molecule has 0 spiro atoms. The van der Waals surface area contributed by atoms with Crippen molar-refractivity contribution in [3.8, 4) is 0 Å². The molecule has 0 heterocycles. The van der Waals surface area contributed by atoms with Crippen LogP contribution in [0.1, 0.15) is 25.0 Å². The molecule has 2 rings (SSSR count). The molecule has 7 heteroatoms. The van der Waals surface area contributed by atoms with Crippen molar-refractivity contribution in [2.75, 3.05) is 24.2 Å². The Morgan fingerprint density at radius 3 is 2.15 bits per heavy atom. The van der Waals surface area contributed by atoms with E-state index in [1.54, 1.807) is 23.9 Å². The largest absolute Gasteiger partial charge is 0.325 e. The van der Waals surface area contributed by atoms with E-state index in [0.29, 0.717) is 24.5 Å². The predicted molar refractivity (Wildman–Crippen MR) is 113 cm³/mol. The van der Waals surface area contributed by atoms with Gasteiger partial charge < -0.3 is 5.32 Å². The smallest absolute Gasteiger partial charge is 0.243 e. The molecule has 0 aromatic heterocycles. The zero-order valence-corrected chi connectivity index (χ0v) is 17.6. The normalized spacial score (nSPS) is 11.6. The topological polar surface area (TPSA) is 66.5 Å². The maximum Gasteiger partial charge on any atom is 0.243 e. The lowest BCUT2D eigenvalue weighted by atomic mass is 10.2. The average molecular weight is 407 g/mol. The average Bonchev–Trinajstić information content (AvgIpc) is 2.64. The number of carbonyl (C=O) groups excluding carboxylic acids is 1. The zero-order valence-electron chi connectivity index (χ0n) is 15.9. The van der Waals surface area contributed by atoms with Crippen molar-refractivity contribution in [2.45, 2.75) is 31.4 Å². The lowest BCUT2D eigenvalue weighted by Crippen LogP contribution is -2.30. The van der Waals surface area contributed by atoms with Crippen LogP contribution in [0.4, 0.5) is 5.69 Å². The predicted octanol–water partition coefficient (Wildman–Crippen LogP) is 3.90. The van der Waals surface area contributed by atoms with Crippen molar-refractivity contribution < 1.29 is 13.2 Å². The lowest BCUT2D eigenvalue weighted by molar-refractivity contribution is -0.113. The summed E-state index contributed by atoms with van der Waals surface area (Å²) in [5, 5.41) is 2.80. The molecule has 0 fully saturated rings. The Morgan fingerprint density at radius 1 is 1.00 bits per heavy atom. The minimum Gasteiger partial charge on any atom is -0.325 e. The van der Waals surface area contributed by atoms with Gasteiger partial charge in [-0.25, -0.2) is 8.42 Å². The summed E-state index contributed by atoms with van der Waals surface area (Å²) in [5.41, 5.74) is 2.99. The number of hydrogen-bond acceptors (Lipinski definition) is 4. The fourth-order valence-corrected chi connectivity index (χ4v) is 4.81. The first kappa shape index (κ1) is 21.5. The number of nitrogens with one attached hydrogen (secondary N) is 1. The first-order valence-corrected chi connectivity index (χ1v) is 11.5. The Labute approximate surface area is 166 Å². The monoisotopic (exact) mass is 406 g/mol. The van der Waals surface area contributed by atoms with Crippen LogP contribution in [0.15, 0.2) is 53.4 Å². The molecule has 0 saturated heterocycles. The summed E-state index contributed by atoms with van der Waals surface area (Å²) in [5.74, 6) is 1.01. The fourth-order valence-electron chi connectivity index (χ4n) is 2.57. The van der Waals surface area contributed by atoms with Crippen molar-refractivity contribution in [3.05, 3.63) is 59.7 Å². The quantitative estimate of drug-likeness (QED) is 0.686. The van der Waals surface area contributed by atoms with Gasteiger partial charge in [0, 0.05) is 24.5 Å². The molecular weight excluding hydrogens is 380 g/mol. The summed E-state index contributed by atoms with van der Waals surface area (Å²) in [4.78, 5) is 12.3. The first-order chi connectivity index (χ1) is 12.9. The minimum atomic E-state index is -3.48. The Hall–Kier alpha value is -1.83. The highest BCUT2D eigenvalue weighted by Crippen LogP contribution is 2.19. The van der Waals surface area contributed by atoms with Crippen molar-refractivity contribution >= 4 is 33.4 Å². The molecular formula is C20H26N2O3S2. The highest BCUT2D eigenvalue weighted by Gasteiger charge is 2.21. The number of anilines is 1. The Kier molecular flexibility index (Phi) is 7.89. The summed E-state index contributed by atoms with van der Waals surface area (Å²) in [6.07, 6.45) is 0. The number of amides is 1. The summed E-state index contributed by atoms with van der Waals surface area (Å²) in [6.45, 7) is 6.52. The molecule has 146 valence electrons. The first-order valence-electron chi connectivity index (χ1n) is 8.90. The molecule has 0 saturated carbocycles. The third kappa shape index (κ3) is 6.09. The van der Waals surface area contributed by atoms with Gasteiger partial charge in [-0.15, -0.1) is 11.8 Å². The Bertz CT molecular complexity index is 844. The van der Waals surface area contributed by atoms with E-state index in [0.717, 1.165) is 5.75 Å². The molecule has 27 heavy (non-hydrogen) atoms. The number of aryl methyl sites for hydroxylation is 1. The number of benzene rings is 2. The van der Waals surface area contributed by atoms with Gasteiger partial charge in [0.25, 0.3) is 0 Å². The second kappa shape index (κ2) is 9.92. The van der Waals surface area contributed by atoms with Gasteiger partial charge in [0.05, 0.1) is 10.6 Å². The summed E-state index contributed by atoms with van der Waals surface area (Å²) < 4.78 is 26.3. The summed E-state index contributed by atoms with van der Waals surface area (Å²) in [6, 6.07) is 14.6. The van der Waals surface area contributed by atoms with Gasteiger partial charge in [-0.1, -0.05) is 43.7 Å². The van der Waals surface area contributed by atoms with Crippen LogP contribution >= 0.6 is 11.8 Å². The van der Waals surface area contributed by atoms with Crippen LogP contribution in [0, 0.1) is 6.92 Å². The van der Waals surface area contributed by atoms with Crippen LogP contribution in [0.5, 0.6) is 0 Å². The van der Waals surface area contributed by atoms with E-state index in [1.165, 1.54) is 27.6 Å². The molecule has 5 nitrogen and oxygen atoms in total. The fraction of sp³-hybridized carbons (Fsp3) is 0.350. The van der Waals surface area contributed by atoms with E-state index in [9.17, 15) is 13.2 Å². The molecule has 0 aliphatic carbocycles. The molecule has 1 amide bonds. The number of nitrogens with zero attached hydrogens (tertiary/aromatic N) is 1. The van der Waals surface area contributed by atoms with Crippen LogP contribution in [-0.4, -0.2) is 37.5 Å². The van der Waals surface area contributed by atoms with Crippen molar-refractivity contribution in [3.63, 3.8) is 0 Å². The van der Waals surface area contributed by atoms with Crippen LogP contribution < -0.4 is 5.32 Å². The molecule has 0 aliphatic rings. The molecule has 1 N–H and O–H groups in total. The maximum atomic E-state index is 12.5. The Balaban J connectivity index is 1.88. The number of hydrogen-bond donors (Lipinski definition) is 1. The van der Waals surface area contributed by atoms with Gasteiger partial charge >= 0.3 is 0 Å². The lowest BCUT2D eigenvalue weighted by Gasteiger charge is -2.18. The SMILES string of the molecule is CCN(CC)S(=O)(=O)c1ccc(NC(=O)CSCc2ccc(C)cc2)cc1. The zero-order chi connectivity index (χ0) is 19.9. The number of rotatable bonds is 9. The van der Waals surface area contributed by atoms with Crippen LogP contribution in [0.25, 0.3) is 0 Å². The van der Waals surface area contributed by atoms with E-state index in [-0.39, 0.29) is 10.8 Å². The highest BCUT2D eigenvalue weighted by molar-refractivity contribution is 7.99. The maximum absolute atomic E-state index is 12.5. The Morgan fingerprint density at radius 2 is 1.59 bits per heavy atom. The standard InChI is InChI=1S/C20H26N2O3S2/c1-4-22(5-2)27(24,25)19-12-10-18(11-13-19)21-20(23)15-26-14-17-8-6-16(3)7-9-17/h6-13H,4-5,14-15H2,1-3H3,(H,21,23). The molecule has 2 aromatic carbocycles. The molecule has 2 aromatic rings. The molecule has 0 atom stereocenters. The van der Waals surface area contributed by atoms with Gasteiger partial charge in [0.15, 0.2) is 0 Å². The van der Waals surface area contributed by atoms with Gasteiger partial charge in [0.1, 0.15) is 0 Å². The molecule has 0 bridgehead atoms. The molecule has 0 radical (unpaired) electrons.